The van der Waals surface area contributed by atoms with Gasteiger partial charge >= 0.3 is 0 Å². The molecule has 0 atom stereocenters. The van der Waals surface area contributed by atoms with Gasteiger partial charge in [0.05, 0.1) is 10.6 Å². The molecule has 0 unspecified atom stereocenters. The van der Waals surface area contributed by atoms with Gasteiger partial charge in [-0.05, 0) is 45.9 Å². The second-order valence-electron chi connectivity index (χ2n) is 2.69. The molecule has 0 fully saturated rings. The van der Waals surface area contributed by atoms with Crippen LogP contribution in [0.5, 0.6) is 0 Å². The smallest absolute Gasteiger partial charge is 0.0647 e. The van der Waals surface area contributed by atoms with Gasteiger partial charge in [-0.3, -0.25) is 0 Å². The highest BCUT2D eigenvalue weighted by atomic mass is 79.9. The second kappa shape index (κ2) is 3.07. The highest BCUT2D eigenvalue weighted by Gasteiger charge is 2.04. The summed E-state index contributed by atoms with van der Waals surface area (Å²) in [6.45, 7) is 2.08. The molecule has 0 amide bonds. The molecule has 3 heteroatoms. The predicted octanol–water partition coefficient (Wildman–Crippen LogP) is 3.81. The molecule has 2 heterocycles. The van der Waals surface area contributed by atoms with Crippen LogP contribution in [0.15, 0.2) is 28.2 Å². The molecule has 0 bridgehead atoms. The quantitative estimate of drug-likeness (QED) is 0.782. The van der Waals surface area contributed by atoms with Crippen LogP contribution in [0.25, 0.3) is 10.6 Å². The van der Waals surface area contributed by atoms with Crippen molar-refractivity contribution in [1.29, 1.82) is 0 Å². The maximum absolute atomic E-state index is 3.50. The first-order valence-corrected chi connectivity index (χ1v) is 5.33. The van der Waals surface area contributed by atoms with E-state index in [0.717, 1.165) is 4.47 Å². The van der Waals surface area contributed by atoms with Crippen molar-refractivity contribution in [2.45, 2.75) is 6.92 Å². The van der Waals surface area contributed by atoms with Gasteiger partial charge < -0.3 is 4.98 Å². The third-order valence-electron chi connectivity index (χ3n) is 1.69. The zero-order valence-corrected chi connectivity index (χ0v) is 9.00. The molecule has 1 N–H and O–H groups in total. The van der Waals surface area contributed by atoms with Gasteiger partial charge in [-0.25, -0.2) is 0 Å². The van der Waals surface area contributed by atoms with Crippen LogP contribution in [-0.2, 0) is 0 Å². The van der Waals surface area contributed by atoms with E-state index in [2.05, 4.69) is 45.4 Å². The van der Waals surface area contributed by atoms with E-state index in [1.54, 1.807) is 11.3 Å². The standard InChI is InChI=1S/C9H8BrNS/c1-6-4-8(11-5-6)9-7(10)2-3-12-9/h2-5,11H,1H3. The maximum Gasteiger partial charge on any atom is 0.0647 e. The fourth-order valence-corrected chi connectivity index (χ4v) is 2.69. The second-order valence-corrected chi connectivity index (χ2v) is 4.46. The number of aryl methyl sites for hydroxylation is 1. The van der Waals surface area contributed by atoms with E-state index < -0.39 is 0 Å². The molecule has 0 spiro atoms. The van der Waals surface area contributed by atoms with Gasteiger partial charge in [0.2, 0.25) is 0 Å². The highest BCUT2D eigenvalue weighted by Crippen LogP contribution is 2.32. The van der Waals surface area contributed by atoms with Gasteiger partial charge in [-0.1, -0.05) is 0 Å². The first-order chi connectivity index (χ1) is 5.77. The van der Waals surface area contributed by atoms with Crippen molar-refractivity contribution < 1.29 is 0 Å². The van der Waals surface area contributed by atoms with Gasteiger partial charge in [-0.15, -0.1) is 11.3 Å². The van der Waals surface area contributed by atoms with Crippen molar-refractivity contribution in [3.8, 4) is 10.6 Å². The largest absolute Gasteiger partial charge is 0.360 e. The van der Waals surface area contributed by atoms with Crippen molar-refractivity contribution in [1.82, 2.24) is 4.98 Å². The number of thiophene rings is 1. The highest BCUT2D eigenvalue weighted by molar-refractivity contribution is 9.10. The summed E-state index contributed by atoms with van der Waals surface area (Å²) >= 11 is 5.24. The van der Waals surface area contributed by atoms with Crippen LogP contribution in [-0.4, -0.2) is 4.98 Å². The Morgan fingerprint density at radius 3 is 2.83 bits per heavy atom. The van der Waals surface area contributed by atoms with Crippen LogP contribution < -0.4 is 0 Å². The van der Waals surface area contributed by atoms with E-state index in [-0.39, 0.29) is 0 Å². The normalized spacial score (nSPS) is 10.5. The van der Waals surface area contributed by atoms with Crippen LogP contribution in [0.4, 0.5) is 0 Å². The summed E-state index contributed by atoms with van der Waals surface area (Å²) < 4.78 is 1.16. The van der Waals surface area contributed by atoms with Crippen molar-refractivity contribution >= 4 is 27.3 Å². The number of rotatable bonds is 1. The number of hydrogen-bond donors (Lipinski definition) is 1. The molecular weight excluding hydrogens is 234 g/mol. The van der Waals surface area contributed by atoms with E-state index in [0.29, 0.717) is 0 Å². The Morgan fingerprint density at radius 2 is 2.33 bits per heavy atom. The number of aromatic nitrogens is 1. The van der Waals surface area contributed by atoms with Crippen molar-refractivity contribution in [3.63, 3.8) is 0 Å². The number of nitrogens with one attached hydrogen (secondary N) is 1. The Bertz CT molecular complexity index is 389. The summed E-state index contributed by atoms with van der Waals surface area (Å²) in [7, 11) is 0. The zero-order chi connectivity index (χ0) is 8.55. The van der Waals surface area contributed by atoms with Gasteiger partial charge in [0.1, 0.15) is 0 Å². The van der Waals surface area contributed by atoms with Gasteiger partial charge in [0.25, 0.3) is 0 Å². The minimum atomic E-state index is 1.16. The third kappa shape index (κ3) is 1.34. The van der Waals surface area contributed by atoms with Crippen molar-refractivity contribution in [2.24, 2.45) is 0 Å². The predicted molar refractivity (Wildman–Crippen MR) is 56.5 cm³/mol. The molecule has 12 heavy (non-hydrogen) atoms. The van der Waals surface area contributed by atoms with Gasteiger partial charge in [0.15, 0.2) is 0 Å². The van der Waals surface area contributed by atoms with Crippen LogP contribution in [0, 0.1) is 6.92 Å². The fraction of sp³-hybridized carbons (Fsp3) is 0.111. The third-order valence-corrected chi connectivity index (χ3v) is 3.56. The van der Waals surface area contributed by atoms with Crippen LogP contribution in [0.1, 0.15) is 5.56 Å². The van der Waals surface area contributed by atoms with Crippen LogP contribution in [0.3, 0.4) is 0 Å². The number of aromatic amines is 1. The molecule has 0 aliphatic carbocycles. The van der Waals surface area contributed by atoms with Gasteiger partial charge in [0, 0.05) is 10.7 Å². The van der Waals surface area contributed by atoms with E-state index in [4.69, 9.17) is 0 Å². The summed E-state index contributed by atoms with van der Waals surface area (Å²) in [4.78, 5) is 4.50. The zero-order valence-electron chi connectivity index (χ0n) is 6.60. The summed E-state index contributed by atoms with van der Waals surface area (Å²) in [5.74, 6) is 0. The Kier molecular flexibility index (Phi) is 2.07. The van der Waals surface area contributed by atoms with Crippen LogP contribution >= 0.6 is 27.3 Å². The van der Waals surface area contributed by atoms with E-state index in [9.17, 15) is 0 Å². The SMILES string of the molecule is Cc1c[nH]c(-c2sccc2Br)c1. The summed E-state index contributed by atoms with van der Waals surface area (Å²) in [6, 6.07) is 4.22. The molecule has 0 radical (unpaired) electrons. The lowest BCUT2D eigenvalue weighted by Gasteiger charge is -1.91. The molecule has 0 aliphatic heterocycles. The maximum atomic E-state index is 3.50. The molecule has 2 aromatic heterocycles. The Balaban J connectivity index is 2.50. The fourth-order valence-electron chi connectivity index (χ4n) is 1.12. The molecule has 2 aromatic rings. The molecule has 0 aromatic carbocycles. The Morgan fingerprint density at radius 1 is 1.50 bits per heavy atom. The van der Waals surface area contributed by atoms with Crippen molar-refractivity contribution in [3.05, 3.63) is 33.7 Å². The molecule has 0 saturated carbocycles. The van der Waals surface area contributed by atoms with E-state index in [1.807, 2.05) is 6.20 Å². The number of H-pyrrole nitrogens is 1. The lowest BCUT2D eigenvalue weighted by Crippen LogP contribution is -1.69. The average molecular weight is 242 g/mol. The monoisotopic (exact) mass is 241 g/mol. The van der Waals surface area contributed by atoms with E-state index in [1.165, 1.54) is 16.1 Å². The van der Waals surface area contributed by atoms with E-state index >= 15 is 0 Å². The first-order valence-electron chi connectivity index (χ1n) is 3.66. The van der Waals surface area contributed by atoms with Crippen LogP contribution in [0.2, 0.25) is 0 Å². The summed E-state index contributed by atoms with van der Waals surface area (Å²) in [5.41, 5.74) is 2.46. The Hall–Kier alpha value is -0.540. The van der Waals surface area contributed by atoms with Gasteiger partial charge in [-0.2, -0.15) is 0 Å². The molecule has 1 nitrogen and oxygen atoms in total. The molecule has 0 saturated heterocycles. The average Bonchev–Trinajstić information content (AvgIpc) is 2.58. The molecule has 62 valence electrons. The minimum Gasteiger partial charge on any atom is -0.360 e. The molecular formula is C9H8BrNS. The van der Waals surface area contributed by atoms with Crippen molar-refractivity contribution in [2.75, 3.05) is 0 Å². The lowest BCUT2D eigenvalue weighted by atomic mass is 10.3. The lowest BCUT2D eigenvalue weighted by molar-refractivity contribution is 1.39. The summed E-state index contributed by atoms with van der Waals surface area (Å²) in [5, 5.41) is 2.08. The topological polar surface area (TPSA) is 15.8 Å². The number of hydrogen-bond acceptors (Lipinski definition) is 1. The first kappa shape index (κ1) is 8.08. The molecule has 0 aliphatic rings. The minimum absolute atomic E-state index is 1.16. The molecule has 2 rings (SSSR count). The number of halogens is 1. The summed E-state index contributed by atoms with van der Waals surface area (Å²) in [6.07, 6.45) is 2.02. The Labute approximate surface area is 83.6 Å².